The van der Waals surface area contributed by atoms with Crippen molar-refractivity contribution in [1.29, 1.82) is 0 Å². The summed E-state index contributed by atoms with van der Waals surface area (Å²) in [5.41, 5.74) is 5.80. The van der Waals surface area contributed by atoms with E-state index in [0.29, 0.717) is 18.3 Å². The highest BCUT2D eigenvalue weighted by Crippen LogP contribution is 2.21. The van der Waals surface area contributed by atoms with Crippen LogP contribution in [0.4, 0.5) is 0 Å². The lowest BCUT2D eigenvalue weighted by molar-refractivity contribution is -0.117. The third kappa shape index (κ3) is 3.52. The summed E-state index contributed by atoms with van der Waals surface area (Å²) in [5, 5.41) is 6.65. The number of hydrogen-bond acceptors (Lipinski definition) is 6. The van der Waals surface area contributed by atoms with Gasteiger partial charge in [-0.2, -0.15) is 4.98 Å². The highest BCUT2D eigenvalue weighted by atomic mass is 16.5. The highest BCUT2D eigenvalue weighted by Gasteiger charge is 2.09. The summed E-state index contributed by atoms with van der Waals surface area (Å²) in [6.07, 6.45) is 0. The number of methoxy groups -OCH3 is 1. The molecule has 3 N–H and O–H groups in total. The second kappa shape index (κ2) is 5.96. The van der Waals surface area contributed by atoms with Crippen LogP contribution in [0.2, 0.25) is 0 Å². The molecular weight excluding hydrogens is 248 g/mol. The van der Waals surface area contributed by atoms with Crippen molar-refractivity contribution in [2.45, 2.75) is 6.54 Å². The Hall–Kier alpha value is -2.41. The molecule has 1 heterocycles. The van der Waals surface area contributed by atoms with Gasteiger partial charge in [0.1, 0.15) is 5.75 Å². The summed E-state index contributed by atoms with van der Waals surface area (Å²) in [4.78, 5) is 14.8. The van der Waals surface area contributed by atoms with Crippen LogP contribution < -0.4 is 15.8 Å². The van der Waals surface area contributed by atoms with Crippen LogP contribution in [0.3, 0.4) is 0 Å². The summed E-state index contributed by atoms with van der Waals surface area (Å²) in [6, 6.07) is 7.34. The number of ether oxygens (including phenoxy) is 1. The van der Waals surface area contributed by atoms with Gasteiger partial charge in [0.2, 0.25) is 17.6 Å². The monoisotopic (exact) mass is 262 g/mol. The first-order valence-corrected chi connectivity index (χ1v) is 5.65. The zero-order chi connectivity index (χ0) is 13.7. The number of primary amides is 1. The lowest BCUT2D eigenvalue weighted by Crippen LogP contribution is -2.28. The molecule has 19 heavy (non-hydrogen) atoms. The molecule has 0 aliphatic heterocycles. The number of aromatic nitrogens is 2. The van der Waals surface area contributed by atoms with Crippen molar-refractivity contribution in [3.63, 3.8) is 0 Å². The topological polar surface area (TPSA) is 103 Å². The molecule has 2 aromatic rings. The molecule has 1 aromatic carbocycles. The maximum atomic E-state index is 10.6. The summed E-state index contributed by atoms with van der Waals surface area (Å²) in [6.45, 7) is 0.358. The number of nitrogens with one attached hydrogen (secondary N) is 1. The normalized spacial score (nSPS) is 10.4. The molecule has 0 fully saturated rings. The quantitative estimate of drug-likeness (QED) is 0.777. The van der Waals surface area contributed by atoms with Gasteiger partial charge in [-0.25, -0.2) is 0 Å². The van der Waals surface area contributed by atoms with Gasteiger partial charge >= 0.3 is 0 Å². The van der Waals surface area contributed by atoms with E-state index in [4.69, 9.17) is 15.0 Å². The van der Waals surface area contributed by atoms with Crippen molar-refractivity contribution in [3.8, 4) is 17.1 Å². The molecule has 0 aliphatic carbocycles. The van der Waals surface area contributed by atoms with Crippen LogP contribution in [0.25, 0.3) is 11.4 Å². The number of carbonyl (C=O) groups excluding carboxylic acids is 1. The molecule has 0 bridgehead atoms. The molecule has 2 rings (SSSR count). The van der Waals surface area contributed by atoms with Gasteiger partial charge in [-0.3, -0.25) is 10.1 Å². The Kier molecular flexibility index (Phi) is 4.09. The number of nitrogens with zero attached hydrogens (tertiary/aromatic N) is 2. The average molecular weight is 262 g/mol. The highest BCUT2D eigenvalue weighted by molar-refractivity contribution is 5.75. The summed E-state index contributed by atoms with van der Waals surface area (Å²) in [5.74, 6) is 1.14. The smallest absolute Gasteiger partial charge is 0.240 e. The van der Waals surface area contributed by atoms with Crippen molar-refractivity contribution in [1.82, 2.24) is 15.5 Å². The SMILES string of the molecule is COc1cccc(-c2noc(CNCC(N)=O)n2)c1. The third-order valence-corrected chi connectivity index (χ3v) is 2.37. The molecule has 100 valence electrons. The van der Waals surface area contributed by atoms with Gasteiger partial charge in [0.25, 0.3) is 0 Å². The van der Waals surface area contributed by atoms with Crippen molar-refractivity contribution in [3.05, 3.63) is 30.2 Å². The van der Waals surface area contributed by atoms with Gasteiger partial charge in [-0.05, 0) is 12.1 Å². The Morgan fingerprint density at radius 1 is 1.53 bits per heavy atom. The molecular formula is C12H14N4O3. The zero-order valence-electron chi connectivity index (χ0n) is 10.4. The third-order valence-electron chi connectivity index (χ3n) is 2.37. The second-order valence-corrected chi connectivity index (χ2v) is 3.81. The maximum Gasteiger partial charge on any atom is 0.240 e. The summed E-state index contributed by atoms with van der Waals surface area (Å²) in [7, 11) is 1.59. The maximum absolute atomic E-state index is 10.6. The van der Waals surface area contributed by atoms with E-state index in [0.717, 1.165) is 11.3 Å². The molecule has 7 heteroatoms. The first kappa shape index (κ1) is 13.0. The Balaban J connectivity index is 2.05. The van der Waals surface area contributed by atoms with Gasteiger partial charge in [0, 0.05) is 5.56 Å². The Labute approximate surface area is 109 Å². The molecule has 0 atom stereocenters. The van der Waals surface area contributed by atoms with Gasteiger partial charge < -0.3 is 15.0 Å². The predicted octanol–water partition coefficient (Wildman–Crippen LogP) is 0.320. The second-order valence-electron chi connectivity index (χ2n) is 3.81. The van der Waals surface area contributed by atoms with Crippen LogP contribution >= 0.6 is 0 Å². The van der Waals surface area contributed by atoms with Crippen LogP contribution in [0, 0.1) is 0 Å². The molecule has 0 unspecified atom stereocenters. The minimum absolute atomic E-state index is 0.0663. The average Bonchev–Trinajstić information content (AvgIpc) is 2.87. The van der Waals surface area contributed by atoms with Crippen LogP contribution in [0.15, 0.2) is 28.8 Å². The van der Waals surface area contributed by atoms with E-state index in [1.54, 1.807) is 7.11 Å². The van der Waals surface area contributed by atoms with Crippen LogP contribution in [-0.4, -0.2) is 29.7 Å². The van der Waals surface area contributed by atoms with E-state index in [1.807, 2.05) is 24.3 Å². The van der Waals surface area contributed by atoms with Crippen LogP contribution in [0.5, 0.6) is 5.75 Å². The van der Waals surface area contributed by atoms with Crippen LogP contribution in [0.1, 0.15) is 5.89 Å². The minimum Gasteiger partial charge on any atom is -0.497 e. The Morgan fingerprint density at radius 2 is 2.37 bits per heavy atom. The Bertz CT molecular complexity index is 568. The summed E-state index contributed by atoms with van der Waals surface area (Å²) < 4.78 is 10.2. The van der Waals surface area contributed by atoms with E-state index in [1.165, 1.54) is 0 Å². The summed E-state index contributed by atoms with van der Waals surface area (Å²) >= 11 is 0. The van der Waals surface area contributed by atoms with E-state index in [-0.39, 0.29) is 6.54 Å². The first-order chi connectivity index (χ1) is 9.19. The number of benzene rings is 1. The fourth-order valence-electron chi connectivity index (χ4n) is 1.50. The van der Waals surface area contributed by atoms with Crippen LogP contribution in [-0.2, 0) is 11.3 Å². The molecule has 1 amide bonds. The van der Waals surface area contributed by atoms with E-state index in [9.17, 15) is 4.79 Å². The fraction of sp³-hybridized carbons (Fsp3) is 0.250. The van der Waals surface area contributed by atoms with Crippen molar-refractivity contribution >= 4 is 5.91 Å². The number of rotatable bonds is 6. The van der Waals surface area contributed by atoms with Gasteiger partial charge in [0.15, 0.2) is 0 Å². The molecule has 0 saturated heterocycles. The Morgan fingerprint density at radius 3 is 3.11 bits per heavy atom. The van der Waals surface area contributed by atoms with E-state index in [2.05, 4.69) is 15.5 Å². The number of carbonyl (C=O) groups is 1. The molecule has 1 aromatic heterocycles. The van der Waals surface area contributed by atoms with Crippen molar-refractivity contribution < 1.29 is 14.1 Å². The molecule has 0 aliphatic rings. The minimum atomic E-state index is -0.437. The molecule has 0 spiro atoms. The molecule has 0 radical (unpaired) electrons. The van der Waals surface area contributed by atoms with Crippen molar-refractivity contribution in [2.75, 3.05) is 13.7 Å². The zero-order valence-corrected chi connectivity index (χ0v) is 10.4. The predicted molar refractivity (Wildman–Crippen MR) is 67.2 cm³/mol. The fourth-order valence-corrected chi connectivity index (χ4v) is 1.50. The number of nitrogens with two attached hydrogens (primary N) is 1. The lowest BCUT2D eigenvalue weighted by Gasteiger charge is -1.99. The lowest BCUT2D eigenvalue weighted by atomic mass is 10.2. The standard InChI is InChI=1S/C12H14N4O3/c1-18-9-4-2-3-8(5-9)12-15-11(19-16-12)7-14-6-10(13)17/h2-5,14H,6-7H2,1H3,(H2,13,17). The van der Waals surface area contributed by atoms with Gasteiger partial charge in [-0.15, -0.1) is 0 Å². The molecule has 0 saturated carbocycles. The molecule has 7 nitrogen and oxygen atoms in total. The van der Waals surface area contributed by atoms with E-state index >= 15 is 0 Å². The number of hydrogen-bond donors (Lipinski definition) is 2. The van der Waals surface area contributed by atoms with Gasteiger partial charge in [0.05, 0.1) is 20.2 Å². The van der Waals surface area contributed by atoms with E-state index < -0.39 is 5.91 Å². The van der Waals surface area contributed by atoms with Gasteiger partial charge in [-0.1, -0.05) is 17.3 Å². The number of amides is 1. The largest absolute Gasteiger partial charge is 0.497 e. The van der Waals surface area contributed by atoms with Crippen molar-refractivity contribution in [2.24, 2.45) is 5.73 Å². The first-order valence-electron chi connectivity index (χ1n) is 5.65.